The Morgan fingerprint density at radius 2 is 1.36 bits per heavy atom. The molecule has 0 fully saturated rings. The van der Waals surface area contributed by atoms with E-state index in [9.17, 15) is 9.59 Å². The van der Waals surface area contributed by atoms with Gasteiger partial charge in [0.25, 0.3) is 0 Å². The third-order valence-corrected chi connectivity index (χ3v) is 4.14. The lowest BCUT2D eigenvalue weighted by atomic mass is 10.2. The van der Waals surface area contributed by atoms with Crippen LogP contribution < -0.4 is 9.47 Å². The molecule has 1 aliphatic rings. The highest BCUT2D eigenvalue weighted by Gasteiger charge is 2.31. The first-order valence-electron chi connectivity index (χ1n) is 7.45. The topological polar surface area (TPSA) is 71.1 Å². The van der Waals surface area contributed by atoms with Crippen molar-refractivity contribution in [3.63, 3.8) is 0 Å². The second kappa shape index (κ2) is 8.03. The number of thiophene rings is 1. The Labute approximate surface area is 133 Å². The van der Waals surface area contributed by atoms with E-state index < -0.39 is 11.9 Å². The highest BCUT2D eigenvalue weighted by Crippen LogP contribution is 2.44. The quantitative estimate of drug-likeness (QED) is 0.791. The maximum atomic E-state index is 12.1. The van der Waals surface area contributed by atoms with Gasteiger partial charge in [-0.2, -0.15) is 0 Å². The number of carbonyl (C=O) groups is 2. The molecule has 0 unspecified atom stereocenters. The lowest BCUT2D eigenvalue weighted by Gasteiger charge is -2.09. The van der Waals surface area contributed by atoms with Crippen LogP contribution in [0.4, 0.5) is 0 Å². The molecule has 2 rings (SSSR count). The average Bonchev–Trinajstić information content (AvgIpc) is 2.89. The molecule has 22 heavy (non-hydrogen) atoms. The van der Waals surface area contributed by atoms with Crippen molar-refractivity contribution in [2.24, 2.45) is 0 Å². The lowest BCUT2D eigenvalue weighted by Crippen LogP contribution is -2.06. The number of hydrogen-bond acceptors (Lipinski definition) is 7. The van der Waals surface area contributed by atoms with Gasteiger partial charge in [-0.25, -0.2) is 9.59 Å². The summed E-state index contributed by atoms with van der Waals surface area (Å²) in [7, 11) is 0. The Morgan fingerprint density at radius 1 is 0.909 bits per heavy atom. The van der Waals surface area contributed by atoms with Crippen molar-refractivity contribution < 1.29 is 28.5 Å². The Kier molecular flexibility index (Phi) is 6.06. The predicted octanol–water partition coefficient (Wildman–Crippen LogP) is 3.04. The zero-order valence-corrected chi connectivity index (χ0v) is 13.6. The van der Waals surface area contributed by atoms with Gasteiger partial charge in [-0.1, -0.05) is 0 Å². The standard InChI is InChI=1S/C15H20O6S/c1-3-18-14(16)12-10-11(13(22-12)15(17)19-4-2)21-9-7-5-6-8-20-10/h3-9H2,1-2H3. The number of hydrogen-bond donors (Lipinski definition) is 0. The summed E-state index contributed by atoms with van der Waals surface area (Å²) < 4.78 is 21.5. The summed E-state index contributed by atoms with van der Waals surface area (Å²) in [6, 6.07) is 0. The molecular formula is C15H20O6S. The van der Waals surface area contributed by atoms with Gasteiger partial charge in [0, 0.05) is 0 Å². The summed E-state index contributed by atoms with van der Waals surface area (Å²) in [5, 5.41) is 0. The average molecular weight is 328 g/mol. The van der Waals surface area contributed by atoms with Gasteiger partial charge in [0.1, 0.15) is 0 Å². The third kappa shape index (κ3) is 3.71. The molecule has 0 amide bonds. The van der Waals surface area contributed by atoms with Gasteiger partial charge in [0.05, 0.1) is 26.4 Å². The summed E-state index contributed by atoms with van der Waals surface area (Å²) in [5.74, 6) is -0.425. The summed E-state index contributed by atoms with van der Waals surface area (Å²) in [6.07, 6.45) is 2.71. The van der Waals surface area contributed by atoms with Gasteiger partial charge >= 0.3 is 11.9 Å². The van der Waals surface area contributed by atoms with Gasteiger partial charge in [-0.15, -0.1) is 11.3 Å². The van der Waals surface area contributed by atoms with E-state index in [1.807, 2.05) is 0 Å². The zero-order valence-electron chi connectivity index (χ0n) is 12.8. The maximum absolute atomic E-state index is 12.1. The molecular weight excluding hydrogens is 308 g/mol. The molecule has 6 nitrogen and oxygen atoms in total. The van der Waals surface area contributed by atoms with E-state index in [0.717, 1.165) is 30.6 Å². The van der Waals surface area contributed by atoms with Crippen LogP contribution >= 0.6 is 11.3 Å². The van der Waals surface area contributed by atoms with E-state index in [1.165, 1.54) is 0 Å². The van der Waals surface area contributed by atoms with E-state index in [0.29, 0.717) is 24.7 Å². The molecule has 0 saturated carbocycles. The fourth-order valence-electron chi connectivity index (χ4n) is 2.05. The first-order valence-corrected chi connectivity index (χ1v) is 8.27. The molecule has 0 saturated heterocycles. The smallest absolute Gasteiger partial charge is 0.352 e. The van der Waals surface area contributed by atoms with E-state index >= 15 is 0 Å². The Balaban J connectivity index is 2.43. The number of esters is 2. The van der Waals surface area contributed by atoms with Crippen LogP contribution in [0.5, 0.6) is 11.5 Å². The minimum atomic E-state index is -0.512. The molecule has 1 aromatic heterocycles. The largest absolute Gasteiger partial charge is 0.488 e. The second-order valence-electron chi connectivity index (χ2n) is 4.62. The second-order valence-corrected chi connectivity index (χ2v) is 5.64. The first-order chi connectivity index (χ1) is 10.7. The Bertz CT molecular complexity index is 492. The van der Waals surface area contributed by atoms with E-state index in [2.05, 4.69) is 0 Å². The van der Waals surface area contributed by atoms with Crippen LogP contribution in [0, 0.1) is 0 Å². The van der Waals surface area contributed by atoms with Crippen LogP contribution in [0.25, 0.3) is 0 Å². The summed E-state index contributed by atoms with van der Waals surface area (Å²) >= 11 is 0.998. The van der Waals surface area contributed by atoms with Crippen molar-refractivity contribution in [2.75, 3.05) is 26.4 Å². The van der Waals surface area contributed by atoms with Crippen LogP contribution in [-0.2, 0) is 9.47 Å². The Hall–Kier alpha value is -1.76. The zero-order chi connectivity index (χ0) is 15.9. The summed E-state index contributed by atoms with van der Waals surface area (Å²) in [5.41, 5.74) is 0. The predicted molar refractivity (Wildman–Crippen MR) is 81.1 cm³/mol. The van der Waals surface area contributed by atoms with Crippen molar-refractivity contribution in [3.8, 4) is 11.5 Å². The van der Waals surface area contributed by atoms with E-state index in [-0.39, 0.29) is 23.0 Å². The maximum Gasteiger partial charge on any atom is 0.352 e. The van der Waals surface area contributed by atoms with Gasteiger partial charge in [0.2, 0.25) is 0 Å². The van der Waals surface area contributed by atoms with Gasteiger partial charge < -0.3 is 18.9 Å². The van der Waals surface area contributed by atoms with Crippen molar-refractivity contribution in [3.05, 3.63) is 9.75 Å². The SMILES string of the molecule is CCOC(=O)c1sc(C(=O)OCC)c2c1OCCCCCO2. The molecule has 2 heterocycles. The summed E-state index contributed by atoms with van der Waals surface area (Å²) in [4.78, 5) is 24.7. The normalized spacial score (nSPS) is 14.5. The van der Waals surface area contributed by atoms with Gasteiger partial charge in [-0.3, -0.25) is 0 Å². The van der Waals surface area contributed by atoms with Crippen LogP contribution in [-0.4, -0.2) is 38.4 Å². The lowest BCUT2D eigenvalue weighted by molar-refractivity contribution is 0.0517. The monoisotopic (exact) mass is 328 g/mol. The minimum absolute atomic E-state index is 0.251. The molecule has 1 aliphatic heterocycles. The molecule has 122 valence electrons. The summed E-state index contributed by atoms with van der Waals surface area (Å²) in [6.45, 7) is 4.90. The van der Waals surface area contributed by atoms with Crippen LogP contribution in [0.3, 0.4) is 0 Å². The van der Waals surface area contributed by atoms with Gasteiger partial charge in [0.15, 0.2) is 21.3 Å². The van der Waals surface area contributed by atoms with Crippen molar-refractivity contribution in [1.82, 2.24) is 0 Å². The Morgan fingerprint density at radius 3 is 1.77 bits per heavy atom. The molecule has 7 heteroatoms. The number of carbonyl (C=O) groups excluding carboxylic acids is 2. The van der Waals surface area contributed by atoms with Crippen molar-refractivity contribution in [2.45, 2.75) is 33.1 Å². The van der Waals surface area contributed by atoms with Crippen molar-refractivity contribution >= 4 is 23.3 Å². The van der Waals surface area contributed by atoms with Crippen LogP contribution in [0.1, 0.15) is 52.5 Å². The molecule has 0 N–H and O–H groups in total. The fourth-order valence-corrected chi connectivity index (χ4v) is 3.03. The number of ether oxygens (including phenoxy) is 4. The molecule has 0 spiro atoms. The van der Waals surface area contributed by atoms with Crippen molar-refractivity contribution in [1.29, 1.82) is 0 Å². The molecule has 1 aromatic rings. The molecule has 0 aliphatic carbocycles. The molecule has 0 atom stereocenters. The number of fused-ring (bicyclic) bond motifs is 1. The van der Waals surface area contributed by atoms with Crippen LogP contribution in [0.2, 0.25) is 0 Å². The third-order valence-electron chi connectivity index (χ3n) is 3.03. The van der Waals surface area contributed by atoms with E-state index in [4.69, 9.17) is 18.9 Å². The van der Waals surface area contributed by atoms with E-state index in [1.54, 1.807) is 13.8 Å². The first kappa shape index (κ1) is 16.6. The molecule has 0 aromatic carbocycles. The highest BCUT2D eigenvalue weighted by atomic mass is 32.1. The molecule has 0 radical (unpaired) electrons. The minimum Gasteiger partial charge on any atom is -0.488 e. The fraction of sp³-hybridized carbons (Fsp3) is 0.600. The van der Waals surface area contributed by atoms with Gasteiger partial charge in [-0.05, 0) is 33.1 Å². The van der Waals surface area contributed by atoms with Crippen LogP contribution in [0.15, 0.2) is 0 Å². The molecule has 0 bridgehead atoms. The number of rotatable bonds is 4. The highest BCUT2D eigenvalue weighted by molar-refractivity contribution is 7.16.